The molecule has 0 aromatic heterocycles. The molecule has 0 saturated heterocycles. The topological polar surface area (TPSA) is 38.3 Å². The van der Waals surface area contributed by atoms with E-state index in [0.29, 0.717) is 11.9 Å². The molecule has 128 valence electrons. The molecule has 0 aliphatic heterocycles. The number of anilines is 1. The Bertz CT molecular complexity index is 658. The summed E-state index contributed by atoms with van der Waals surface area (Å²) in [7, 11) is 0. The summed E-state index contributed by atoms with van der Waals surface area (Å²) < 4.78 is 5.47. The van der Waals surface area contributed by atoms with Crippen molar-refractivity contribution in [3.8, 4) is 0 Å². The van der Waals surface area contributed by atoms with Crippen molar-refractivity contribution in [3.05, 3.63) is 59.7 Å². The lowest BCUT2D eigenvalue weighted by molar-refractivity contribution is -0.121. The summed E-state index contributed by atoms with van der Waals surface area (Å²) in [6.07, 6.45) is 1.14. The molecule has 2 aromatic rings. The Kier molecular flexibility index (Phi) is 7.35. The number of thioether (sulfide) groups is 1. The summed E-state index contributed by atoms with van der Waals surface area (Å²) in [6, 6.07) is 16.0. The van der Waals surface area contributed by atoms with Crippen LogP contribution in [-0.4, -0.2) is 17.8 Å². The first kappa shape index (κ1) is 18.6. The minimum absolute atomic E-state index is 0.0533. The molecule has 2 rings (SSSR count). The maximum Gasteiger partial charge on any atom is 0.250 e. The van der Waals surface area contributed by atoms with Crippen LogP contribution in [0.15, 0.2) is 53.4 Å². The molecule has 0 aliphatic carbocycles. The van der Waals surface area contributed by atoms with Crippen LogP contribution in [0, 0.1) is 6.92 Å². The van der Waals surface area contributed by atoms with E-state index >= 15 is 0 Å². The average molecular weight is 343 g/mol. The summed E-state index contributed by atoms with van der Waals surface area (Å²) in [5.74, 6) is -0.128. The lowest BCUT2D eigenvalue weighted by Crippen LogP contribution is -2.18. The van der Waals surface area contributed by atoms with Gasteiger partial charge in [0.1, 0.15) is 6.61 Å². The van der Waals surface area contributed by atoms with E-state index in [0.717, 1.165) is 23.2 Å². The van der Waals surface area contributed by atoms with Gasteiger partial charge in [-0.15, -0.1) is 11.8 Å². The molecule has 0 heterocycles. The van der Waals surface area contributed by atoms with E-state index in [1.807, 2.05) is 55.1 Å². The van der Waals surface area contributed by atoms with Crippen molar-refractivity contribution >= 4 is 23.4 Å². The number of nitrogens with one attached hydrogen (secondary N) is 1. The zero-order valence-corrected chi connectivity index (χ0v) is 15.4. The Balaban J connectivity index is 1.83. The van der Waals surface area contributed by atoms with E-state index in [9.17, 15) is 4.79 Å². The van der Waals surface area contributed by atoms with Gasteiger partial charge in [0.25, 0.3) is 0 Å². The second kappa shape index (κ2) is 9.50. The van der Waals surface area contributed by atoms with Gasteiger partial charge in [0.15, 0.2) is 0 Å². The highest BCUT2D eigenvalue weighted by molar-refractivity contribution is 7.99. The van der Waals surface area contributed by atoms with Gasteiger partial charge in [-0.1, -0.05) is 44.2 Å². The zero-order chi connectivity index (χ0) is 17.4. The van der Waals surface area contributed by atoms with Crippen LogP contribution in [0.3, 0.4) is 0 Å². The summed E-state index contributed by atoms with van der Waals surface area (Å²) >= 11 is 1.86. The van der Waals surface area contributed by atoms with Crippen LogP contribution < -0.4 is 5.32 Å². The Morgan fingerprint density at radius 1 is 1.21 bits per heavy atom. The number of carbonyl (C=O) groups is 1. The first-order valence-electron chi connectivity index (χ1n) is 8.27. The van der Waals surface area contributed by atoms with E-state index in [1.54, 1.807) is 0 Å². The van der Waals surface area contributed by atoms with Crippen molar-refractivity contribution in [2.45, 2.75) is 43.9 Å². The van der Waals surface area contributed by atoms with Crippen LogP contribution in [-0.2, 0) is 16.1 Å². The van der Waals surface area contributed by atoms with Crippen molar-refractivity contribution < 1.29 is 9.53 Å². The normalized spacial score (nSPS) is 12.0. The van der Waals surface area contributed by atoms with E-state index < -0.39 is 0 Å². The number of amides is 1. The largest absolute Gasteiger partial charge is 0.367 e. The van der Waals surface area contributed by atoms with Crippen LogP contribution >= 0.6 is 11.8 Å². The fourth-order valence-corrected chi connectivity index (χ4v) is 3.21. The molecule has 1 amide bonds. The fraction of sp³-hybridized carbons (Fsp3) is 0.350. The predicted molar refractivity (Wildman–Crippen MR) is 102 cm³/mol. The van der Waals surface area contributed by atoms with E-state index in [2.05, 4.69) is 31.3 Å². The van der Waals surface area contributed by atoms with Crippen molar-refractivity contribution in [2.24, 2.45) is 0 Å². The zero-order valence-electron chi connectivity index (χ0n) is 14.5. The van der Waals surface area contributed by atoms with Crippen LogP contribution in [0.25, 0.3) is 0 Å². The summed E-state index contributed by atoms with van der Waals surface area (Å²) in [6.45, 7) is 6.92. The summed E-state index contributed by atoms with van der Waals surface area (Å²) in [5.41, 5.74) is 2.98. The van der Waals surface area contributed by atoms with Gasteiger partial charge in [0.05, 0.1) is 6.61 Å². The van der Waals surface area contributed by atoms with Gasteiger partial charge in [-0.2, -0.15) is 0 Å². The highest BCUT2D eigenvalue weighted by Gasteiger charge is 2.08. The van der Waals surface area contributed by atoms with Gasteiger partial charge in [0.2, 0.25) is 5.91 Å². The third-order valence-corrected chi connectivity index (χ3v) is 4.99. The lowest BCUT2D eigenvalue weighted by atomic mass is 10.2. The first-order chi connectivity index (χ1) is 11.6. The van der Waals surface area contributed by atoms with Gasteiger partial charge in [-0.3, -0.25) is 4.79 Å². The van der Waals surface area contributed by atoms with Crippen LogP contribution in [0.2, 0.25) is 0 Å². The van der Waals surface area contributed by atoms with Gasteiger partial charge in [0, 0.05) is 15.8 Å². The van der Waals surface area contributed by atoms with Gasteiger partial charge < -0.3 is 10.1 Å². The molecule has 0 saturated carbocycles. The second-order valence-electron chi connectivity index (χ2n) is 5.84. The smallest absolute Gasteiger partial charge is 0.250 e. The minimum Gasteiger partial charge on any atom is -0.367 e. The van der Waals surface area contributed by atoms with Crippen molar-refractivity contribution in [3.63, 3.8) is 0 Å². The highest BCUT2D eigenvalue weighted by Crippen LogP contribution is 2.28. The van der Waals surface area contributed by atoms with Gasteiger partial charge in [-0.25, -0.2) is 0 Å². The number of benzene rings is 2. The third kappa shape index (κ3) is 6.02. The Morgan fingerprint density at radius 2 is 1.96 bits per heavy atom. The molecular formula is C20H25NO2S. The van der Waals surface area contributed by atoms with Gasteiger partial charge >= 0.3 is 0 Å². The molecule has 0 radical (unpaired) electrons. The lowest BCUT2D eigenvalue weighted by Gasteiger charge is -2.12. The number of ether oxygens (including phenoxy) is 1. The fourth-order valence-electron chi connectivity index (χ4n) is 2.19. The second-order valence-corrected chi connectivity index (χ2v) is 7.35. The maximum atomic E-state index is 12.0. The molecule has 0 spiro atoms. The van der Waals surface area contributed by atoms with E-state index in [1.165, 1.54) is 4.90 Å². The molecule has 1 N–H and O–H groups in total. The van der Waals surface area contributed by atoms with Gasteiger partial charge in [-0.05, 0) is 42.7 Å². The van der Waals surface area contributed by atoms with Crippen molar-refractivity contribution in [1.29, 1.82) is 0 Å². The number of aryl methyl sites for hydroxylation is 1. The molecule has 4 heteroatoms. The van der Waals surface area contributed by atoms with Crippen LogP contribution in [0.4, 0.5) is 5.69 Å². The molecule has 1 atom stereocenters. The molecular weight excluding hydrogens is 318 g/mol. The van der Waals surface area contributed by atoms with E-state index in [4.69, 9.17) is 4.74 Å². The first-order valence-corrected chi connectivity index (χ1v) is 9.15. The molecule has 2 aromatic carbocycles. The number of hydrogen-bond acceptors (Lipinski definition) is 3. The Labute approximate surface area is 148 Å². The van der Waals surface area contributed by atoms with Crippen molar-refractivity contribution in [2.75, 3.05) is 11.9 Å². The SMILES string of the molecule is CCC(C)Sc1ccc(NC(=O)COCc2ccccc2)c(C)c1. The highest BCUT2D eigenvalue weighted by atomic mass is 32.2. The van der Waals surface area contributed by atoms with Crippen LogP contribution in [0.1, 0.15) is 31.4 Å². The monoisotopic (exact) mass is 343 g/mol. The summed E-state index contributed by atoms with van der Waals surface area (Å²) in [4.78, 5) is 13.3. The number of carbonyl (C=O) groups excluding carboxylic acids is 1. The molecule has 0 aliphatic rings. The quantitative estimate of drug-likeness (QED) is 0.682. The number of rotatable bonds is 8. The molecule has 24 heavy (non-hydrogen) atoms. The molecule has 0 bridgehead atoms. The Hall–Kier alpha value is -1.78. The third-order valence-electron chi connectivity index (χ3n) is 3.73. The number of hydrogen-bond donors (Lipinski definition) is 1. The predicted octanol–water partition coefficient (Wildman–Crippen LogP) is 5.04. The molecule has 1 unspecified atom stereocenters. The molecule has 3 nitrogen and oxygen atoms in total. The molecule has 0 fully saturated rings. The standard InChI is InChI=1S/C20H25NO2S/c1-4-16(3)24-18-10-11-19(15(2)12-18)21-20(22)14-23-13-17-8-6-5-7-9-17/h5-12,16H,4,13-14H2,1-3H3,(H,21,22). The minimum atomic E-state index is -0.128. The summed E-state index contributed by atoms with van der Waals surface area (Å²) in [5, 5.41) is 3.51. The Morgan fingerprint density at radius 3 is 2.62 bits per heavy atom. The average Bonchev–Trinajstić information content (AvgIpc) is 2.58. The van der Waals surface area contributed by atoms with E-state index in [-0.39, 0.29) is 12.5 Å². The van der Waals surface area contributed by atoms with Crippen LogP contribution in [0.5, 0.6) is 0 Å². The maximum absolute atomic E-state index is 12.0. The van der Waals surface area contributed by atoms with Crippen molar-refractivity contribution in [1.82, 2.24) is 0 Å².